The zero-order valence-corrected chi connectivity index (χ0v) is 16.8. The lowest BCUT2D eigenvalue weighted by Gasteiger charge is -2.32. The van der Waals surface area contributed by atoms with Gasteiger partial charge >= 0.3 is 0 Å². The lowest BCUT2D eigenvalue weighted by molar-refractivity contribution is 0.232. The molecule has 1 aliphatic rings. The largest absolute Gasteiger partial charge is 0.401 e. The summed E-state index contributed by atoms with van der Waals surface area (Å²) in [7, 11) is -2.28. The quantitative estimate of drug-likeness (QED) is 0.604. The molecule has 0 spiro atoms. The van der Waals surface area contributed by atoms with Crippen molar-refractivity contribution in [1.29, 1.82) is 0 Å². The van der Waals surface area contributed by atoms with Crippen molar-refractivity contribution in [2.24, 2.45) is 0 Å². The van der Waals surface area contributed by atoms with E-state index in [1.165, 1.54) is 27.1 Å². The summed E-state index contributed by atoms with van der Waals surface area (Å²) in [5.41, 5.74) is 4.60. The first kappa shape index (κ1) is 17.3. The molecule has 0 saturated carbocycles. The smallest absolute Gasteiger partial charge is 0.259 e. The van der Waals surface area contributed by atoms with Crippen LogP contribution in [0.25, 0.3) is 0 Å². The number of benzene rings is 3. The molecule has 1 nitrogen and oxygen atoms in total. The highest BCUT2D eigenvalue weighted by molar-refractivity contribution is 6.98. The molecule has 1 aliphatic heterocycles. The van der Waals surface area contributed by atoms with E-state index in [4.69, 9.17) is 4.43 Å². The van der Waals surface area contributed by atoms with E-state index in [0.717, 1.165) is 6.42 Å². The fourth-order valence-corrected chi connectivity index (χ4v) is 9.19. The van der Waals surface area contributed by atoms with Gasteiger partial charge in [0.25, 0.3) is 8.32 Å². The van der Waals surface area contributed by atoms with Gasteiger partial charge in [0, 0.05) is 0 Å². The molecule has 1 heterocycles. The van der Waals surface area contributed by atoms with Gasteiger partial charge < -0.3 is 4.43 Å². The second-order valence-corrected chi connectivity index (χ2v) is 11.4. The molecule has 1 fully saturated rings. The van der Waals surface area contributed by atoms with Crippen molar-refractivity contribution >= 4 is 18.7 Å². The molecule has 0 bridgehead atoms. The Hall–Kier alpha value is -2.16. The summed E-state index contributed by atoms with van der Waals surface area (Å²) in [6.45, 7) is 6.81. The van der Waals surface area contributed by atoms with Gasteiger partial charge in [0.05, 0.1) is 6.10 Å². The fraction of sp³-hybridized carbons (Fsp3) is 0.250. The third-order valence-corrected chi connectivity index (χ3v) is 10.5. The normalized spacial score (nSPS) is 21.7. The third-order valence-electron chi connectivity index (χ3n) is 5.86. The lowest BCUT2D eigenvalue weighted by atomic mass is 9.95. The van der Waals surface area contributed by atoms with Gasteiger partial charge in [-0.3, -0.25) is 0 Å². The highest BCUT2D eigenvalue weighted by Crippen LogP contribution is 2.45. The number of aryl methyl sites for hydroxylation is 2. The van der Waals surface area contributed by atoms with Gasteiger partial charge in [-0.05, 0) is 52.9 Å². The summed E-state index contributed by atoms with van der Waals surface area (Å²) in [6, 6.07) is 28.4. The van der Waals surface area contributed by atoms with Crippen molar-refractivity contribution in [1.82, 2.24) is 0 Å². The van der Waals surface area contributed by atoms with Crippen molar-refractivity contribution in [2.45, 2.75) is 38.8 Å². The molecule has 0 radical (unpaired) electrons. The Kier molecular flexibility index (Phi) is 4.56. The minimum atomic E-state index is -2.28. The Morgan fingerprint density at radius 2 is 1.23 bits per heavy atom. The maximum Gasteiger partial charge on any atom is 0.259 e. The molecule has 0 aromatic heterocycles. The molecule has 0 N–H and O–H groups in total. The topological polar surface area (TPSA) is 9.23 Å². The van der Waals surface area contributed by atoms with E-state index >= 15 is 0 Å². The van der Waals surface area contributed by atoms with Crippen molar-refractivity contribution in [2.75, 3.05) is 0 Å². The van der Waals surface area contributed by atoms with Gasteiger partial charge in [-0.15, -0.1) is 0 Å². The second kappa shape index (κ2) is 6.86. The van der Waals surface area contributed by atoms with Crippen molar-refractivity contribution in [3.63, 3.8) is 0 Å². The van der Waals surface area contributed by atoms with Gasteiger partial charge in [0.15, 0.2) is 0 Å². The number of hydrogen-bond acceptors (Lipinski definition) is 1. The Balaban J connectivity index is 1.86. The molecule has 0 amide bonds. The molecular formula is C24H26OSi. The highest BCUT2D eigenvalue weighted by atomic mass is 28.4. The van der Waals surface area contributed by atoms with Crippen LogP contribution in [0, 0.1) is 13.8 Å². The van der Waals surface area contributed by atoms with Crippen LogP contribution in [-0.2, 0) is 4.43 Å². The SMILES string of the molecule is Cc1cccc(C)c1[C@H]1C[C@H](C)[Si](c2ccccc2)(c2ccccc2)O1. The van der Waals surface area contributed by atoms with Crippen LogP contribution >= 0.6 is 0 Å². The van der Waals surface area contributed by atoms with E-state index in [2.05, 4.69) is 99.6 Å². The summed E-state index contributed by atoms with van der Waals surface area (Å²) in [5.74, 6) is 0. The van der Waals surface area contributed by atoms with E-state index < -0.39 is 8.32 Å². The Labute approximate surface area is 157 Å². The van der Waals surface area contributed by atoms with Crippen LogP contribution in [0.3, 0.4) is 0 Å². The first-order valence-electron chi connectivity index (χ1n) is 9.48. The second-order valence-electron chi connectivity index (χ2n) is 7.52. The van der Waals surface area contributed by atoms with E-state index in [1.54, 1.807) is 0 Å². The Morgan fingerprint density at radius 3 is 1.73 bits per heavy atom. The van der Waals surface area contributed by atoms with Gasteiger partial charge in [-0.25, -0.2) is 0 Å². The third kappa shape index (κ3) is 2.74. The Bertz CT molecular complexity index is 829. The minimum Gasteiger partial charge on any atom is -0.401 e. The van der Waals surface area contributed by atoms with Gasteiger partial charge in [-0.1, -0.05) is 85.8 Å². The summed E-state index contributed by atoms with van der Waals surface area (Å²) in [4.78, 5) is 0. The van der Waals surface area contributed by atoms with E-state index in [9.17, 15) is 0 Å². The standard InChI is InChI=1S/C24H26OSi/c1-18-11-10-12-19(2)24(18)23-17-20(3)26(25-23,21-13-6-4-7-14-21)22-15-8-5-9-16-22/h4-16,20,23H,17H2,1-3H3/t20-,23+/m0/s1. The molecule has 2 atom stereocenters. The molecule has 1 saturated heterocycles. The fourth-order valence-electron chi connectivity index (χ4n) is 4.63. The van der Waals surface area contributed by atoms with Gasteiger partial charge in [-0.2, -0.15) is 0 Å². The van der Waals surface area contributed by atoms with Crippen molar-refractivity contribution in [3.8, 4) is 0 Å². The molecule has 2 heteroatoms. The van der Waals surface area contributed by atoms with Crippen molar-refractivity contribution in [3.05, 3.63) is 95.6 Å². The van der Waals surface area contributed by atoms with Crippen LogP contribution in [0.2, 0.25) is 5.54 Å². The molecule has 132 valence electrons. The zero-order valence-electron chi connectivity index (χ0n) is 15.8. The summed E-state index contributed by atoms with van der Waals surface area (Å²) < 4.78 is 7.12. The molecular weight excluding hydrogens is 332 g/mol. The summed E-state index contributed by atoms with van der Waals surface area (Å²) in [5, 5.41) is 2.76. The van der Waals surface area contributed by atoms with E-state index in [0.29, 0.717) is 5.54 Å². The van der Waals surface area contributed by atoms with Crippen LogP contribution in [0.4, 0.5) is 0 Å². The summed E-state index contributed by atoms with van der Waals surface area (Å²) >= 11 is 0. The zero-order chi connectivity index (χ0) is 18.1. The van der Waals surface area contributed by atoms with Crippen LogP contribution in [-0.4, -0.2) is 8.32 Å². The molecule has 3 aromatic rings. The predicted octanol–water partition coefficient (Wildman–Crippen LogP) is 4.91. The van der Waals surface area contributed by atoms with Crippen molar-refractivity contribution < 1.29 is 4.43 Å². The van der Waals surface area contributed by atoms with E-state index in [-0.39, 0.29) is 6.10 Å². The van der Waals surface area contributed by atoms with Crippen LogP contribution in [0.1, 0.15) is 36.1 Å². The molecule has 4 rings (SSSR count). The average Bonchev–Trinajstić information content (AvgIpc) is 3.01. The number of hydrogen-bond donors (Lipinski definition) is 0. The number of rotatable bonds is 3. The van der Waals surface area contributed by atoms with E-state index in [1.807, 2.05) is 0 Å². The molecule has 0 aliphatic carbocycles. The maximum absolute atomic E-state index is 7.12. The van der Waals surface area contributed by atoms with Gasteiger partial charge in [0.1, 0.15) is 0 Å². The predicted molar refractivity (Wildman–Crippen MR) is 112 cm³/mol. The lowest BCUT2D eigenvalue weighted by Crippen LogP contribution is -2.60. The molecule has 26 heavy (non-hydrogen) atoms. The van der Waals surface area contributed by atoms with Crippen LogP contribution in [0.15, 0.2) is 78.9 Å². The summed E-state index contributed by atoms with van der Waals surface area (Å²) in [6.07, 6.45) is 1.26. The first-order valence-corrected chi connectivity index (χ1v) is 11.5. The maximum atomic E-state index is 7.12. The first-order chi connectivity index (χ1) is 12.6. The average molecular weight is 359 g/mol. The Morgan fingerprint density at radius 1 is 0.731 bits per heavy atom. The van der Waals surface area contributed by atoms with Crippen LogP contribution < -0.4 is 10.4 Å². The monoisotopic (exact) mass is 358 g/mol. The van der Waals surface area contributed by atoms with Gasteiger partial charge in [0.2, 0.25) is 0 Å². The highest BCUT2D eigenvalue weighted by Gasteiger charge is 2.52. The molecule has 3 aromatic carbocycles. The molecule has 0 unspecified atom stereocenters. The minimum absolute atomic E-state index is 0.179. The van der Waals surface area contributed by atoms with Crippen LogP contribution in [0.5, 0.6) is 0 Å².